The number of carbonyl (C=O) groups is 1. The van der Waals surface area contributed by atoms with E-state index in [0.29, 0.717) is 17.9 Å². The van der Waals surface area contributed by atoms with Gasteiger partial charge in [-0.3, -0.25) is 4.79 Å². The predicted octanol–water partition coefficient (Wildman–Crippen LogP) is 2.34. The third-order valence-electron chi connectivity index (χ3n) is 3.32. The Morgan fingerprint density at radius 3 is 2.50 bits per heavy atom. The van der Waals surface area contributed by atoms with E-state index in [0.717, 1.165) is 17.7 Å². The standard InChI is InChI=1S/C15H20N2O3/c1-15(2)8-11(16-17-14(18)9-15)10-5-6-12(19-3)13(7-10)20-4/h5-7H,8-9H2,1-4H3,(H,17,18). The van der Waals surface area contributed by atoms with Crippen LogP contribution in [0.5, 0.6) is 11.5 Å². The molecule has 0 aromatic heterocycles. The summed E-state index contributed by atoms with van der Waals surface area (Å²) in [6.45, 7) is 4.13. The molecule has 1 N–H and O–H groups in total. The first-order valence-electron chi connectivity index (χ1n) is 6.53. The third-order valence-corrected chi connectivity index (χ3v) is 3.32. The van der Waals surface area contributed by atoms with E-state index in [1.165, 1.54) is 0 Å². The third kappa shape index (κ3) is 3.10. The van der Waals surface area contributed by atoms with Gasteiger partial charge in [-0.05, 0) is 30.0 Å². The van der Waals surface area contributed by atoms with Crippen molar-refractivity contribution in [3.63, 3.8) is 0 Å². The van der Waals surface area contributed by atoms with Gasteiger partial charge in [0, 0.05) is 12.0 Å². The quantitative estimate of drug-likeness (QED) is 0.921. The summed E-state index contributed by atoms with van der Waals surface area (Å²) in [7, 11) is 3.20. The number of hydrazone groups is 1. The van der Waals surface area contributed by atoms with Gasteiger partial charge >= 0.3 is 0 Å². The van der Waals surface area contributed by atoms with Crippen LogP contribution in [0.3, 0.4) is 0 Å². The number of rotatable bonds is 3. The summed E-state index contributed by atoms with van der Waals surface area (Å²) in [4.78, 5) is 11.6. The largest absolute Gasteiger partial charge is 0.493 e. The Kier molecular flexibility index (Phi) is 3.97. The summed E-state index contributed by atoms with van der Waals surface area (Å²) >= 11 is 0. The first kappa shape index (κ1) is 14.4. The maximum absolute atomic E-state index is 11.6. The molecule has 0 spiro atoms. The van der Waals surface area contributed by atoms with Crippen LogP contribution in [0.15, 0.2) is 23.3 Å². The summed E-state index contributed by atoms with van der Waals surface area (Å²) in [5.41, 5.74) is 4.25. The van der Waals surface area contributed by atoms with Crippen molar-refractivity contribution in [2.24, 2.45) is 10.5 Å². The second kappa shape index (κ2) is 5.53. The highest BCUT2D eigenvalue weighted by molar-refractivity contribution is 6.02. The molecule has 5 nitrogen and oxygen atoms in total. The minimum absolute atomic E-state index is 0.0505. The van der Waals surface area contributed by atoms with Gasteiger partial charge < -0.3 is 9.47 Å². The van der Waals surface area contributed by atoms with Gasteiger partial charge in [0.1, 0.15) is 0 Å². The van der Waals surface area contributed by atoms with Gasteiger partial charge in [-0.15, -0.1) is 0 Å². The Hall–Kier alpha value is -2.04. The number of nitrogens with zero attached hydrogens (tertiary/aromatic N) is 1. The highest BCUT2D eigenvalue weighted by Gasteiger charge is 2.28. The van der Waals surface area contributed by atoms with Crippen molar-refractivity contribution in [3.8, 4) is 11.5 Å². The minimum atomic E-state index is -0.118. The molecule has 108 valence electrons. The molecule has 1 aliphatic heterocycles. The molecular formula is C15H20N2O3. The molecule has 0 aliphatic carbocycles. The molecule has 0 fully saturated rings. The van der Waals surface area contributed by atoms with Crippen molar-refractivity contribution >= 4 is 11.6 Å². The van der Waals surface area contributed by atoms with Crippen molar-refractivity contribution in [1.29, 1.82) is 0 Å². The zero-order valence-corrected chi connectivity index (χ0v) is 12.3. The maximum atomic E-state index is 11.6. The van der Waals surface area contributed by atoms with E-state index in [1.807, 2.05) is 18.2 Å². The molecule has 1 aromatic carbocycles. The molecule has 0 radical (unpaired) electrons. The van der Waals surface area contributed by atoms with E-state index < -0.39 is 0 Å². The SMILES string of the molecule is COc1ccc(C2=NNC(=O)CC(C)(C)C2)cc1OC. The topological polar surface area (TPSA) is 59.9 Å². The maximum Gasteiger partial charge on any atom is 0.240 e. The molecule has 0 saturated carbocycles. The molecule has 1 heterocycles. The number of carbonyl (C=O) groups excluding carboxylic acids is 1. The Labute approximate surface area is 119 Å². The molecule has 20 heavy (non-hydrogen) atoms. The summed E-state index contributed by atoms with van der Waals surface area (Å²) in [5.74, 6) is 1.28. The van der Waals surface area contributed by atoms with Crippen LogP contribution >= 0.6 is 0 Å². The molecular weight excluding hydrogens is 256 g/mol. The fourth-order valence-corrected chi connectivity index (χ4v) is 2.34. The summed E-state index contributed by atoms with van der Waals surface area (Å²) in [6.07, 6.45) is 1.19. The van der Waals surface area contributed by atoms with Crippen LogP contribution in [-0.4, -0.2) is 25.8 Å². The molecule has 0 atom stereocenters. The van der Waals surface area contributed by atoms with Crippen LogP contribution in [0.25, 0.3) is 0 Å². The Morgan fingerprint density at radius 2 is 1.85 bits per heavy atom. The number of amides is 1. The Morgan fingerprint density at radius 1 is 1.15 bits per heavy atom. The summed E-state index contributed by atoms with van der Waals surface area (Å²) in [6, 6.07) is 5.65. The van der Waals surface area contributed by atoms with Crippen LogP contribution in [-0.2, 0) is 4.79 Å². The van der Waals surface area contributed by atoms with Crippen LogP contribution in [0.1, 0.15) is 32.3 Å². The summed E-state index contributed by atoms with van der Waals surface area (Å²) < 4.78 is 10.5. The fourth-order valence-electron chi connectivity index (χ4n) is 2.34. The lowest BCUT2D eigenvalue weighted by Crippen LogP contribution is -2.22. The molecule has 0 saturated heterocycles. The van der Waals surface area contributed by atoms with Crippen LogP contribution in [0.2, 0.25) is 0 Å². The normalized spacial score (nSPS) is 17.8. The van der Waals surface area contributed by atoms with E-state index in [4.69, 9.17) is 9.47 Å². The lowest BCUT2D eigenvalue weighted by molar-refractivity contribution is -0.122. The van der Waals surface area contributed by atoms with E-state index in [1.54, 1.807) is 14.2 Å². The van der Waals surface area contributed by atoms with Crippen molar-refractivity contribution in [3.05, 3.63) is 23.8 Å². The average Bonchev–Trinajstić information content (AvgIpc) is 2.55. The predicted molar refractivity (Wildman–Crippen MR) is 77.2 cm³/mol. The lowest BCUT2D eigenvalue weighted by Gasteiger charge is -2.21. The molecule has 1 amide bonds. The molecule has 0 bridgehead atoms. The van der Waals surface area contributed by atoms with Crippen LogP contribution in [0.4, 0.5) is 0 Å². The van der Waals surface area contributed by atoms with E-state index >= 15 is 0 Å². The van der Waals surface area contributed by atoms with Gasteiger partial charge in [0.15, 0.2) is 11.5 Å². The van der Waals surface area contributed by atoms with Crippen molar-refractivity contribution < 1.29 is 14.3 Å². The van der Waals surface area contributed by atoms with Crippen molar-refractivity contribution in [2.45, 2.75) is 26.7 Å². The monoisotopic (exact) mass is 276 g/mol. The number of ether oxygens (including phenoxy) is 2. The van der Waals surface area contributed by atoms with Gasteiger partial charge in [0.2, 0.25) is 5.91 Å². The van der Waals surface area contributed by atoms with E-state index in [-0.39, 0.29) is 11.3 Å². The Bertz CT molecular complexity index is 550. The average molecular weight is 276 g/mol. The first-order valence-corrected chi connectivity index (χ1v) is 6.53. The van der Waals surface area contributed by atoms with E-state index in [9.17, 15) is 4.79 Å². The molecule has 5 heteroatoms. The number of hydrogen-bond acceptors (Lipinski definition) is 4. The number of benzene rings is 1. The zero-order valence-electron chi connectivity index (χ0n) is 12.3. The fraction of sp³-hybridized carbons (Fsp3) is 0.467. The van der Waals surface area contributed by atoms with Crippen molar-refractivity contribution in [2.75, 3.05) is 14.2 Å². The molecule has 1 aliphatic rings. The second-order valence-electron chi connectivity index (χ2n) is 5.68. The minimum Gasteiger partial charge on any atom is -0.493 e. The number of methoxy groups -OCH3 is 2. The summed E-state index contributed by atoms with van der Waals surface area (Å²) in [5, 5.41) is 4.22. The zero-order chi connectivity index (χ0) is 14.8. The van der Waals surface area contributed by atoms with Gasteiger partial charge in [-0.1, -0.05) is 13.8 Å². The highest BCUT2D eigenvalue weighted by atomic mass is 16.5. The molecule has 1 aromatic rings. The number of nitrogens with one attached hydrogen (secondary N) is 1. The van der Waals surface area contributed by atoms with Crippen LogP contribution < -0.4 is 14.9 Å². The Balaban J connectivity index is 2.37. The molecule has 0 unspecified atom stereocenters. The van der Waals surface area contributed by atoms with Gasteiger partial charge in [-0.2, -0.15) is 5.10 Å². The smallest absolute Gasteiger partial charge is 0.240 e. The van der Waals surface area contributed by atoms with Crippen LogP contribution in [0, 0.1) is 5.41 Å². The van der Waals surface area contributed by atoms with Crippen molar-refractivity contribution in [1.82, 2.24) is 5.43 Å². The van der Waals surface area contributed by atoms with Gasteiger partial charge in [0.05, 0.1) is 19.9 Å². The highest BCUT2D eigenvalue weighted by Crippen LogP contribution is 2.32. The second-order valence-corrected chi connectivity index (χ2v) is 5.68. The molecule has 2 rings (SSSR count). The van der Waals surface area contributed by atoms with Gasteiger partial charge in [0.25, 0.3) is 0 Å². The first-order chi connectivity index (χ1) is 9.45. The van der Waals surface area contributed by atoms with Gasteiger partial charge in [-0.25, -0.2) is 5.43 Å². The lowest BCUT2D eigenvalue weighted by atomic mass is 9.82. The number of hydrogen-bond donors (Lipinski definition) is 1. The van der Waals surface area contributed by atoms with E-state index in [2.05, 4.69) is 24.4 Å².